The number of ether oxygens (including phenoxy) is 1. The number of rotatable bonds is 6. The van der Waals surface area contributed by atoms with Gasteiger partial charge in [0.15, 0.2) is 0 Å². The van der Waals surface area contributed by atoms with Crippen LogP contribution in [0.1, 0.15) is 23.0 Å². The molecule has 0 spiro atoms. The van der Waals surface area contributed by atoms with Crippen molar-refractivity contribution >= 4 is 28.6 Å². The van der Waals surface area contributed by atoms with E-state index in [1.807, 2.05) is 54.6 Å². The Morgan fingerprint density at radius 3 is 2.59 bits per heavy atom. The van der Waals surface area contributed by atoms with Gasteiger partial charge in [0.05, 0.1) is 23.4 Å². The monoisotopic (exact) mass is 405 g/mol. The highest BCUT2D eigenvalue weighted by Crippen LogP contribution is 2.35. The van der Waals surface area contributed by atoms with E-state index in [1.165, 1.54) is 11.8 Å². The van der Waals surface area contributed by atoms with Crippen molar-refractivity contribution in [3.05, 3.63) is 65.9 Å². The topological polar surface area (TPSA) is 82.8 Å². The molecule has 0 aliphatic carbocycles. The summed E-state index contributed by atoms with van der Waals surface area (Å²) in [6.45, 7) is 2.09. The number of esters is 1. The number of hydrogen-bond acceptors (Lipinski definition) is 7. The Hall–Kier alpha value is -3.26. The third-order valence-corrected chi connectivity index (χ3v) is 5.45. The third kappa shape index (κ3) is 3.84. The highest BCUT2D eigenvalue weighted by Gasteiger charge is 2.23. The van der Waals surface area contributed by atoms with E-state index in [1.54, 1.807) is 18.7 Å². The molecule has 0 unspecified atom stereocenters. The maximum atomic E-state index is 13.0. The Bertz CT molecular complexity index is 1160. The van der Waals surface area contributed by atoms with Crippen LogP contribution in [0.3, 0.4) is 0 Å². The molecule has 146 valence electrons. The number of benzene rings is 2. The van der Waals surface area contributed by atoms with Gasteiger partial charge in [0, 0.05) is 23.8 Å². The van der Waals surface area contributed by atoms with Crippen LogP contribution in [0.15, 0.2) is 59.8 Å². The summed E-state index contributed by atoms with van der Waals surface area (Å²) < 4.78 is 7.00. The summed E-state index contributed by atoms with van der Waals surface area (Å²) in [6, 6.07) is 17.7. The van der Waals surface area contributed by atoms with E-state index in [0.29, 0.717) is 28.8 Å². The first-order valence-electron chi connectivity index (χ1n) is 9.18. The van der Waals surface area contributed by atoms with Crippen molar-refractivity contribution in [1.82, 2.24) is 25.2 Å². The molecule has 0 fully saturated rings. The molecular formula is C21H19N5O2S. The normalized spacial score (nSPS) is 11.0. The summed E-state index contributed by atoms with van der Waals surface area (Å²) in [6.07, 6.45) is 0. The maximum Gasteiger partial charge on any atom is 0.340 e. The van der Waals surface area contributed by atoms with Crippen LogP contribution in [0.5, 0.6) is 0 Å². The summed E-state index contributed by atoms with van der Waals surface area (Å²) >= 11 is 1.43. The van der Waals surface area contributed by atoms with Crippen molar-refractivity contribution in [3.63, 3.8) is 0 Å². The van der Waals surface area contributed by atoms with Gasteiger partial charge in [-0.25, -0.2) is 9.48 Å². The zero-order valence-corrected chi connectivity index (χ0v) is 16.9. The quantitative estimate of drug-likeness (QED) is 0.355. The minimum Gasteiger partial charge on any atom is -0.462 e. The predicted octanol–water partition coefficient (Wildman–Crippen LogP) is 3.89. The largest absolute Gasteiger partial charge is 0.462 e. The van der Waals surface area contributed by atoms with Crippen LogP contribution in [-0.2, 0) is 17.5 Å². The van der Waals surface area contributed by atoms with Crippen molar-refractivity contribution in [2.75, 3.05) is 6.61 Å². The Labute approximate surface area is 172 Å². The summed E-state index contributed by atoms with van der Waals surface area (Å²) in [5, 5.41) is 13.1. The van der Waals surface area contributed by atoms with Crippen LogP contribution in [0.25, 0.3) is 22.0 Å². The molecule has 0 saturated heterocycles. The van der Waals surface area contributed by atoms with E-state index in [9.17, 15) is 4.79 Å². The van der Waals surface area contributed by atoms with Crippen molar-refractivity contribution in [1.29, 1.82) is 0 Å². The second-order valence-electron chi connectivity index (χ2n) is 6.29. The lowest BCUT2D eigenvalue weighted by atomic mass is 9.94. The van der Waals surface area contributed by atoms with E-state index in [0.717, 1.165) is 22.0 Å². The number of aromatic nitrogens is 5. The van der Waals surface area contributed by atoms with Crippen LogP contribution in [0, 0.1) is 0 Å². The van der Waals surface area contributed by atoms with Gasteiger partial charge in [0.2, 0.25) is 5.16 Å². The van der Waals surface area contributed by atoms with Gasteiger partial charge in [-0.2, -0.15) is 0 Å². The number of thioether (sulfide) groups is 1. The van der Waals surface area contributed by atoms with E-state index in [2.05, 4.69) is 15.5 Å². The molecule has 7 nitrogen and oxygen atoms in total. The van der Waals surface area contributed by atoms with Gasteiger partial charge in [-0.3, -0.25) is 4.98 Å². The molecule has 8 heteroatoms. The number of carbonyl (C=O) groups excluding carboxylic acids is 1. The summed E-state index contributed by atoms with van der Waals surface area (Å²) in [7, 11) is 1.78. The van der Waals surface area contributed by atoms with Gasteiger partial charge in [-0.05, 0) is 29.0 Å². The van der Waals surface area contributed by atoms with E-state index >= 15 is 0 Å². The van der Waals surface area contributed by atoms with Crippen molar-refractivity contribution in [3.8, 4) is 11.1 Å². The number of aryl methyl sites for hydroxylation is 1. The minimum absolute atomic E-state index is 0.291. The van der Waals surface area contributed by atoms with E-state index in [-0.39, 0.29) is 5.97 Å². The van der Waals surface area contributed by atoms with Gasteiger partial charge < -0.3 is 4.74 Å². The van der Waals surface area contributed by atoms with Crippen LogP contribution in [-0.4, -0.2) is 37.8 Å². The number of carbonyl (C=O) groups is 1. The molecule has 0 bridgehead atoms. The molecule has 2 heterocycles. The molecule has 0 aliphatic rings. The fourth-order valence-electron chi connectivity index (χ4n) is 3.17. The number of pyridine rings is 1. The molecule has 4 aromatic rings. The lowest BCUT2D eigenvalue weighted by molar-refractivity contribution is 0.0526. The average molecular weight is 405 g/mol. The zero-order valence-electron chi connectivity index (χ0n) is 16.1. The highest BCUT2D eigenvalue weighted by molar-refractivity contribution is 7.98. The number of fused-ring (bicyclic) bond motifs is 1. The molecule has 0 aliphatic heterocycles. The third-order valence-electron chi connectivity index (χ3n) is 4.43. The second kappa shape index (κ2) is 8.40. The van der Waals surface area contributed by atoms with Gasteiger partial charge in [-0.1, -0.05) is 60.3 Å². The van der Waals surface area contributed by atoms with Gasteiger partial charge >= 0.3 is 5.97 Å². The smallest absolute Gasteiger partial charge is 0.340 e. The van der Waals surface area contributed by atoms with E-state index in [4.69, 9.17) is 9.72 Å². The molecule has 0 N–H and O–H groups in total. The van der Waals surface area contributed by atoms with Crippen LogP contribution >= 0.6 is 11.8 Å². The molecular weight excluding hydrogens is 386 g/mol. The Kier molecular flexibility index (Phi) is 5.53. The Morgan fingerprint density at radius 2 is 1.86 bits per heavy atom. The Morgan fingerprint density at radius 1 is 1.10 bits per heavy atom. The fraction of sp³-hybridized carbons (Fsp3) is 0.190. The van der Waals surface area contributed by atoms with E-state index < -0.39 is 0 Å². The molecule has 0 radical (unpaired) electrons. The fourth-order valence-corrected chi connectivity index (χ4v) is 3.96. The first kappa shape index (κ1) is 19.1. The maximum absolute atomic E-state index is 13.0. The number of tetrazole rings is 1. The van der Waals surface area contributed by atoms with Crippen molar-refractivity contribution < 1.29 is 9.53 Å². The van der Waals surface area contributed by atoms with Gasteiger partial charge in [0.25, 0.3) is 0 Å². The number of nitrogens with zero attached hydrogens (tertiary/aromatic N) is 5. The molecule has 0 saturated carbocycles. The van der Waals surface area contributed by atoms with Gasteiger partial charge in [0.1, 0.15) is 0 Å². The van der Waals surface area contributed by atoms with Crippen LogP contribution in [0.2, 0.25) is 0 Å². The van der Waals surface area contributed by atoms with Gasteiger partial charge in [-0.15, -0.1) is 5.10 Å². The van der Waals surface area contributed by atoms with Crippen molar-refractivity contribution in [2.24, 2.45) is 7.05 Å². The summed E-state index contributed by atoms with van der Waals surface area (Å²) in [5.41, 5.74) is 3.74. The second-order valence-corrected chi connectivity index (χ2v) is 7.23. The average Bonchev–Trinajstić information content (AvgIpc) is 3.16. The standard InChI is InChI=1S/C21H19N5O2S/c1-3-28-20(27)19-17(13-29-21-23-24-25-26(21)2)22-16-12-8-7-11-15(16)18(19)14-9-5-4-6-10-14/h4-12H,3,13H2,1-2H3. The van der Waals surface area contributed by atoms with Crippen LogP contribution < -0.4 is 0 Å². The molecule has 0 amide bonds. The molecule has 29 heavy (non-hydrogen) atoms. The van der Waals surface area contributed by atoms with Crippen molar-refractivity contribution in [2.45, 2.75) is 17.8 Å². The molecule has 2 aromatic carbocycles. The number of hydrogen-bond donors (Lipinski definition) is 0. The SMILES string of the molecule is CCOC(=O)c1c(CSc2nnnn2C)nc2ccccc2c1-c1ccccc1. The molecule has 0 atom stereocenters. The highest BCUT2D eigenvalue weighted by atomic mass is 32.2. The number of para-hydroxylation sites is 1. The molecule has 2 aromatic heterocycles. The molecule has 4 rings (SSSR count). The minimum atomic E-state index is -0.378. The lowest BCUT2D eigenvalue weighted by Gasteiger charge is -2.16. The predicted molar refractivity (Wildman–Crippen MR) is 111 cm³/mol. The zero-order chi connectivity index (χ0) is 20.2. The Balaban J connectivity index is 1.92. The summed E-state index contributed by atoms with van der Waals surface area (Å²) in [4.78, 5) is 17.8. The van der Waals surface area contributed by atoms with Crippen LogP contribution in [0.4, 0.5) is 0 Å². The lowest BCUT2D eigenvalue weighted by Crippen LogP contribution is -2.12. The summed E-state index contributed by atoms with van der Waals surface area (Å²) in [5.74, 6) is 0.0591. The first-order chi connectivity index (χ1) is 14.2. The first-order valence-corrected chi connectivity index (χ1v) is 10.2.